The lowest BCUT2D eigenvalue weighted by atomic mass is 9.87. The first-order valence-corrected chi connectivity index (χ1v) is 9.07. The molecule has 8 heteroatoms. The third-order valence-electron chi connectivity index (χ3n) is 5.41. The number of halogens is 2. The lowest BCUT2D eigenvalue weighted by molar-refractivity contribution is -0.137. The molecule has 1 atom stereocenters. The van der Waals surface area contributed by atoms with E-state index in [1.807, 2.05) is 6.20 Å². The maximum Gasteiger partial charge on any atom is 0.256 e. The summed E-state index contributed by atoms with van der Waals surface area (Å²) in [5.74, 6) is -2.03. The van der Waals surface area contributed by atoms with Gasteiger partial charge in [0.1, 0.15) is 11.6 Å². The number of piperazine rings is 1. The Morgan fingerprint density at radius 3 is 2.59 bits per heavy atom. The van der Waals surface area contributed by atoms with E-state index in [1.54, 1.807) is 4.90 Å². The molecule has 1 aliphatic heterocycles. The van der Waals surface area contributed by atoms with E-state index in [1.165, 1.54) is 10.5 Å². The molecule has 1 aromatic heterocycles. The number of hydrogen-bond donors (Lipinski definition) is 1. The molecule has 1 aliphatic carbocycles. The van der Waals surface area contributed by atoms with E-state index < -0.39 is 17.5 Å². The van der Waals surface area contributed by atoms with Gasteiger partial charge < -0.3 is 9.80 Å². The molecule has 2 heterocycles. The Hall–Kier alpha value is -2.77. The van der Waals surface area contributed by atoms with Crippen LogP contribution in [0.1, 0.15) is 28.0 Å². The highest BCUT2D eigenvalue weighted by atomic mass is 19.1. The molecule has 0 saturated carbocycles. The van der Waals surface area contributed by atoms with Crippen molar-refractivity contribution in [2.45, 2.75) is 19.3 Å². The van der Waals surface area contributed by atoms with Crippen LogP contribution in [-0.4, -0.2) is 58.0 Å². The first-order valence-electron chi connectivity index (χ1n) is 9.07. The number of aromatic nitrogens is 2. The van der Waals surface area contributed by atoms with Crippen LogP contribution >= 0.6 is 0 Å². The molecule has 0 spiro atoms. The van der Waals surface area contributed by atoms with E-state index in [4.69, 9.17) is 0 Å². The SMILES string of the molecule is O=C(c1ccc(F)cc1F)N1CCN(C(=O)C2CCc3cn[nH]c3C2)CC1. The van der Waals surface area contributed by atoms with Crippen molar-refractivity contribution in [1.29, 1.82) is 0 Å². The zero-order valence-electron chi connectivity index (χ0n) is 14.8. The van der Waals surface area contributed by atoms with Gasteiger partial charge in [0.25, 0.3) is 5.91 Å². The number of hydrogen-bond acceptors (Lipinski definition) is 3. The van der Waals surface area contributed by atoms with Gasteiger partial charge >= 0.3 is 0 Å². The predicted molar refractivity (Wildman–Crippen MR) is 92.9 cm³/mol. The minimum Gasteiger partial charge on any atom is -0.339 e. The van der Waals surface area contributed by atoms with E-state index in [0.717, 1.165) is 30.7 Å². The van der Waals surface area contributed by atoms with Crippen LogP contribution in [-0.2, 0) is 17.6 Å². The number of aromatic amines is 1. The van der Waals surface area contributed by atoms with Gasteiger partial charge in [0.2, 0.25) is 5.91 Å². The zero-order valence-corrected chi connectivity index (χ0v) is 14.8. The standard InChI is InChI=1S/C19H20F2N4O2/c20-14-3-4-15(16(21)10-14)19(27)25-7-5-24(6-8-25)18(26)12-1-2-13-11-22-23-17(13)9-12/h3-4,10-12H,1-2,5-9H2,(H,22,23). The molecule has 6 nitrogen and oxygen atoms in total. The molecular weight excluding hydrogens is 354 g/mol. The molecule has 2 aliphatic rings. The number of aryl methyl sites for hydroxylation is 1. The van der Waals surface area contributed by atoms with Gasteiger partial charge in [-0.15, -0.1) is 0 Å². The lowest BCUT2D eigenvalue weighted by Crippen LogP contribution is -2.52. The fourth-order valence-corrected chi connectivity index (χ4v) is 3.84. The van der Waals surface area contributed by atoms with Crippen LogP contribution < -0.4 is 0 Å². The summed E-state index contributed by atoms with van der Waals surface area (Å²) < 4.78 is 26.9. The van der Waals surface area contributed by atoms with Crippen LogP contribution in [0.25, 0.3) is 0 Å². The predicted octanol–water partition coefficient (Wildman–Crippen LogP) is 1.78. The first-order chi connectivity index (χ1) is 13.0. The third-order valence-corrected chi connectivity index (χ3v) is 5.41. The third kappa shape index (κ3) is 3.43. The van der Waals surface area contributed by atoms with E-state index in [-0.39, 0.29) is 17.4 Å². The minimum absolute atomic E-state index is 0.0743. The summed E-state index contributed by atoms with van der Waals surface area (Å²) in [5, 5.41) is 6.99. The average Bonchev–Trinajstić information content (AvgIpc) is 3.15. The van der Waals surface area contributed by atoms with Crippen molar-refractivity contribution in [1.82, 2.24) is 20.0 Å². The summed E-state index contributed by atoms with van der Waals surface area (Å²) in [7, 11) is 0. The first kappa shape index (κ1) is 17.6. The molecule has 1 N–H and O–H groups in total. The Balaban J connectivity index is 1.36. The molecule has 4 rings (SSSR count). The van der Waals surface area contributed by atoms with Crippen molar-refractivity contribution in [3.05, 3.63) is 52.9 Å². The monoisotopic (exact) mass is 374 g/mol. The number of carbonyl (C=O) groups is 2. The van der Waals surface area contributed by atoms with Gasteiger partial charge in [0, 0.05) is 50.3 Å². The number of carbonyl (C=O) groups excluding carboxylic acids is 2. The second kappa shape index (κ2) is 7.09. The Morgan fingerprint density at radius 1 is 1.11 bits per heavy atom. The Labute approximate surface area is 155 Å². The van der Waals surface area contributed by atoms with E-state index in [9.17, 15) is 18.4 Å². The summed E-state index contributed by atoms with van der Waals surface area (Å²) in [5.41, 5.74) is 2.06. The van der Waals surface area contributed by atoms with Gasteiger partial charge in [-0.05, 0) is 30.5 Å². The Bertz CT molecular complexity index is 874. The Kier molecular flexibility index (Phi) is 4.63. The van der Waals surface area contributed by atoms with Crippen LogP contribution in [0.15, 0.2) is 24.4 Å². The highest BCUT2D eigenvalue weighted by molar-refractivity contribution is 5.94. The molecule has 2 aromatic rings. The van der Waals surface area contributed by atoms with Gasteiger partial charge in [-0.25, -0.2) is 8.78 Å². The van der Waals surface area contributed by atoms with E-state index in [2.05, 4.69) is 10.2 Å². The van der Waals surface area contributed by atoms with Gasteiger partial charge in [0.05, 0.1) is 11.8 Å². The molecule has 1 aromatic carbocycles. The van der Waals surface area contributed by atoms with Crippen LogP contribution in [0.3, 0.4) is 0 Å². The minimum atomic E-state index is -0.865. The summed E-state index contributed by atoms with van der Waals surface area (Å²) in [4.78, 5) is 28.6. The quantitative estimate of drug-likeness (QED) is 0.871. The van der Waals surface area contributed by atoms with Crippen molar-refractivity contribution in [3.63, 3.8) is 0 Å². The molecular formula is C19H20F2N4O2. The summed E-state index contributed by atoms with van der Waals surface area (Å²) >= 11 is 0. The van der Waals surface area contributed by atoms with E-state index >= 15 is 0 Å². The van der Waals surface area contributed by atoms with Crippen molar-refractivity contribution in [2.75, 3.05) is 26.2 Å². The van der Waals surface area contributed by atoms with Gasteiger partial charge in [-0.2, -0.15) is 5.10 Å². The van der Waals surface area contributed by atoms with Crippen LogP contribution in [0.4, 0.5) is 8.78 Å². The van der Waals surface area contributed by atoms with Crippen LogP contribution in [0, 0.1) is 17.6 Å². The van der Waals surface area contributed by atoms with Crippen molar-refractivity contribution < 1.29 is 18.4 Å². The number of rotatable bonds is 2. The fourth-order valence-electron chi connectivity index (χ4n) is 3.84. The molecule has 27 heavy (non-hydrogen) atoms. The maximum atomic E-state index is 13.8. The summed E-state index contributed by atoms with van der Waals surface area (Å²) in [6.45, 7) is 1.51. The summed E-state index contributed by atoms with van der Waals surface area (Å²) in [6.07, 6.45) is 4.11. The number of amides is 2. The fraction of sp³-hybridized carbons (Fsp3) is 0.421. The second-order valence-electron chi connectivity index (χ2n) is 7.06. The summed E-state index contributed by atoms with van der Waals surface area (Å²) in [6, 6.07) is 2.94. The molecule has 142 valence electrons. The van der Waals surface area contributed by atoms with Crippen molar-refractivity contribution in [3.8, 4) is 0 Å². The van der Waals surface area contributed by atoms with Crippen molar-refractivity contribution >= 4 is 11.8 Å². The number of benzene rings is 1. The number of H-pyrrole nitrogens is 1. The van der Waals surface area contributed by atoms with Crippen LogP contribution in [0.2, 0.25) is 0 Å². The molecule has 0 radical (unpaired) electrons. The van der Waals surface area contributed by atoms with Gasteiger partial charge in [0.15, 0.2) is 0 Å². The highest BCUT2D eigenvalue weighted by Crippen LogP contribution is 2.26. The molecule has 1 fully saturated rings. The van der Waals surface area contributed by atoms with Gasteiger partial charge in [-0.3, -0.25) is 14.7 Å². The Morgan fingerprint density at radius 2 is 1.85 bits per heavy atom. The number of nitrogens with one attached hydrogen (secondary N) is 1. The molecule has 0 bridgehead atoms. The second-order valence-corrected chi connectivity index (χ2v) is 7.06. The van der Waals surface area contributed by atoms with Crippen LogP contribution in [0.5, 0.6) is 0 Å². The normalized spacial score (nSPS) is 19.7. The molecule has 1 saturated heterocycles. The van der Waals surface area contributed by atoms with Gasteiger partial charge in [-0.1, -0.05) is 0 Å². The van der Waals surface area contributed by atoms with E-state index in [0.29, 0.717) is 38.7 Å². The topological polar surface area (TPSA) is 69.3 Å². The maximum absolute atomic E-state index is 13.8. The molecule has 1 unspecified atom stereocenters. The van der Waals surface area contributed by atoms with Crippen molar-refractivity contribution in [2.24, 2.45) is 5.92 Å². The largest absolute Gasteiger partial charge is 0.339 e. The highest BCUT2D eigenvalue weighted by Gasteiger charge is 2.32. The zero-order chi connectivity index (χ0) is 19.0. The lowest BCUT2D eigenvalue weighted by Gasteiger charge is -2.37. The number of nitrogens with zero attached hydrogens (tertiary/aromatic N) is 3. The smallest absolute Gasteiger partial charge is 0.256 e. The average molecular weight is 374 g/mol. The number of fused-ring (bicyclic) bond motifs is 1. The molecule has 2 amide bonds.